The van der Waals surface area contributed by atoms with Crippen LogP contribution in [0, 0.1) is 17.8 Å². The van der Waals surface area contributed by atoms with E-state index in [1.807, 2.05) is 18.2 Å². The van der Waals surface area contributed by atoms with Crippen LogP contribution in [-0.2, 0) is 35.6 Å². The summed E-state index contributed by atoms with van der Waals surface area (Å²) >= 11 is 6.43. The third kappa shape index (κ3) is 6.92. The van der Waals surface area contributed by atoms with Crippen LogP contribution >= 0.6 is 11.6 Å². The standard InChI is InChI=1S/C35H44ClNO7S/c1-41-33(24-8-6-23(7-9-24)20-44-45(3,39)40)29-13-10-27(29)19-37-21-35(16-4-5-25-17-28(36)12-14-30(25)35)22-43-32-15-11-26(18-31(32)37)34(38)42-2/h8,11-12,14-15,17-18,23,27,29,33H,4-7,9-10,13,16,19-22H2,1-3H3/t23-,27-,29+,33+,35?/m0/s1. The largest absolute Gasteiger partial charge is 0.490 e. The number of hydrogen-bond donors (Lipinski definition) is 0. The Morgan fingerprint density at radius 3 is 2.67 bits per heavy atom. The van der Waals surface area contributed by atoms with E-state index in [1.54, 1.807) is 13.2 Å². The first-order chi connectivity index (χ1) is 21.6. The number of carbonyl (C=O) groups is 1. The predicted octanol–water partition coefficient (Wildman–Crippen LogP) is 6.34. The molecule has 1 fully saturated rings. The number of allylic oxidation sites excluding steroid dienone is 1. The van der Waals surface area contributed by atoms with E-state index in [9.17, 15) is 13.2 Å². The van der Waals surface area contributed by atoms with Gasteiger partial charge in [-0.1, -0.05) is 23.7 Å². The van der Waals surface area contributed by atoms with Crippen LogP contribution in [0.2, 0.25) is 5.02 Å². The van der Waals surface area contributed by atoms with Crippen molar-refractivity contribution in [3.8, 4) is 5.75 Å². The van der Waals surface area contributed by atoms with E-state index < -0.39 is 10.1 Å². The molecule has 5 atom stereocenters. The molecule has 244 valence electrons. The van der Waals surface area contributed by atoms with Crippen molar-refractivity contribution in [1.29, 1.82) is 0 Å². The van der Waals surface area contributed by atoms with Crippen LogP contribution in [0.5, 0.6) is 5.75 Å². The number of anilines is 1. The molecular formula is C35H44ClNO7S. The maximum absolute atomic E-state index is 12.6. The summed E-state index contributed by atoms with van der Waals surface area (Å²) < 4.78 is 45.9. The van der Waals surface area contributed by atoms with Gasteiger partial charge in [-0.15, -0.1) is 0 Å². The molecule has 45 heavy (non-hydrogen) atoms. The van der Waals surface area contributed by atoms with Crippen LogP contribution in [0.25, 0.3) is 0 Å². The molecule has 0 aromatic heterocycles. The molecule has 8 nitrogen and oxygen atoms in total. The third-order valence-corrected chi connectivity index (χ3v) is 11.3. The van der Waals surface area contributed by atoms with Gasteiger partial charge < -0.3 is 19.1 Å². The van der Waals surface area contributed by atoms with Crippen molar-refractivity contribution in [2.24, 2.45) is 17.8 Å². The minimum Gasteiger partial charge on any atom is -0.490 e. The molecule has 0 saturated heterocycles. The molecule has 10 heteroatoms. The third-order valence-electron chi connectivity index (χ3n) is 10.5. The van der Waals surface area contributed by atoms with Crippen molar-refractivity contribution in [2.45, 2.75) is 62.9 Å². The van der Waals surface area contributed by atoms with E-state index in [2.05, 4.69) is 23.1 Å². The van der Waals surface area contributed by atoms with Crippen molar-refractivity contribution in [3.63, 3.8) is 0 Å². The molecule has 1 spiro atoms. The summed E-state index contributed by atoms with van der Waals surface area (Å²) in [5.41, 5.74) is 5.16. The molecule has 4 aliphatic rings. The van der Waals surface area contributed by atoms with Crippen LogP contribution in [-0.4, -0.2) is 67.3 Å². The lowest BCUT2D eigenvalue weighted by Gasteiger charge is -2.47. The van der Waals surface area contributed by atoms with Gasteiger partial charge in [0.1, 0.15) is 5.75 Å². The van der Waals surface area contributed by atoms with Crippen molar-refractivity contribution >= 4 is 33.4 Å². The van der Waals surface area contributed by atoms with Crippen LogP contribution in [0.1, 0.15) is 66.4 Å². The summed E-state index contributed by atoms with van der Waals surface area (Å²) in [4.78, 5) is 15.0. The Morgan fingerprint density at radius 2 is 1.98 bits per heavy atom. The van der Waals surface area contributed by atoms with Gasteiger partial charge in [0.15, 0.2) is 0 Å². The highest BCUT2D eigenvalue weighted by Crippen LogP contribution is 2.48. The zero-order chi connectivity index (χ0) is 31.8. The molecule has 2 aromatic carbocycles. The van der Waals surface area contributed by atoms with E-state index >= 15 is 0 Å². The topological polar surface area (TPSA) is 91.4 Å². The summed E-state index contributed by atoms with van der Waals surface area (Å²) in [6.07, 6.45) is 11.2. The fourth-order valence-electron chi connectivity index (χ4n) is 8.00. The number of halogens is 1. The number of nitrogens with zero attached hydrogens (tertiary/aromatic N) is 1. The second kappa shape index (κ2) is 13.3. The van der Waals surface area contributed by atoms with Crippen LogP contribution in [0.15, 0.2) is 48.0 Å². The normalized spacial score (nSPS) is 26.9. The van der Waals surface area contributed by atoms with Crippen molar-refractivity contribution in [2.75, 3.05) is 51.7 Å². The van der Waals surface area contributed by atoms with Crippen molar-refractivity contribution in [1.82, 2.24) is 0 Å². The van der Waals surface area contributed by atoms with Gasteiger partial charge in [-0.05, 0) is 116 Å². The molecule has 2 aromatic rings. The fourth-order valence-corrected chi connectivity index (χ4v) is 8.64. The molecule has 0 N–H and O–H groups in total. The number of benzene rings is 2. The quantitative estimate of drug-likeness (QED) is 0.175. The number of aryl methyl sites for hydroxylation is 1. The van der Waals surface area contributed by atoms with E-state index in [0.717, 1.165) is 87.2 Å². The summed E-state index contributed by atoms with van der Waals surface area (Å²) in [6, 6.07) is 11.9. The highest BCUT2D eigenvalue weighted by atomic mass is 35.5. The highest BCUT2D eigenvalue weighted by Gasteiger charge is 2.45. The van der Waals surface area contributed by atoms with E-state index in [0.29, 0.717) is 24.0 Å². The molecule has 1 heterocycles. The number of esters is 1. The Kier molecular flexibility index (Phi) is 9.53. The minimum absolute atomic E-state index is 0.0242. The van der Waals surface area contributed by atoms with Gasteiger partial charge in [0.2, 0.25) is 0 Å². The lowest BCUT2D eigenvalue weighted by molar-refractivity contribution is 0.00284. The smallest absolute Gasteiger partial charge is 0.337 e. The predicted molar refractivity (Wildman–Crippen MR) is 175 cm³/mol. The van der Waals surface area contributed by atoms with Gasteiger partial charge in [0.25, 0.3) is 10.1 Å². The summed E-state index contributed by atoms with van der Waals surface area (Å²) in [5.74, 6) is 1.40. The lowest BCUT2D eigenvalue weighted by Crippen LogP contribution is -2.50. The van der Waals surface area contributed by atoms with E-state index in [1.165, 1.54) is 23.8 Å². The SMILES string of the molecule is COC(=O)c1ccc2c(c1)N(C[C@@H]1CC[C@H]1[C@H](OC)C1=CC[C@H](COS(C)(=O)=O)CC1)CC1(CCCc3cc(Cl)ccc31)CO2. The van der Waals surface area contributed by atoms with Gasteiger partial charge in [-0.2, -0.15) is 8.42 Å². The van der Waals surface area contributed by atoms with E-state index in [-0.39, 0.29) is 30.0 Å². The van der Waals surface area contributed by atoms with Crippen LogP contribution < -0.4 is 9.64 Å². The van der Waals surface area contributed by atoms with Crippen molar-refractivity contribution in [3.05, 3.63) is 69.8 Å². The Balaban J connectivity index is 1.26. The van der Waals surface area contributed by atoms with Gasteiger partial charge in [0.05, 0.1) is 43.9 Å². The molecule has 0 radical (unpaired) electrons. The van der Waals surface area contributed by atoms with E-state index in [4.69, 9.17) is 30.0 Å². The second-order valence-electron chi connectivity index (χ2n) is 13.3. The van der Waals surface area contributed by atoms with Gasteiger partial charge in [-0.25, -0.2) is 4.79 Å². The number of methoxy groups -OCH3 is 2. The molecule has 0 amide bonds. The summed E-state index contributed by atoms with van der Waals surface area (Å²) in [6.45, 7) is 2.40. The Hall–Kier alpha value is -2.59. The number of rotatable bonds is 9. The van der Waals surface area contributed by atoms with Gasteiger partial charge in [0, 0.05) is 30.6 Å². The molecule has 3 aliphatic carbocycles. The molecule has 0 bridgehead atoms. The monoisotopic (exact) mass is 657 g/mol. The fraction of sp³-hybridized carbons (Fsp3) is 0.571. The number of hydrogen-bond acceptors (Lipinski definition) is 8. The molecular weight excluding hydrogens is 614 g/mol. The molecule has 6 rings (SSSR count). The summed E-state index contributed by atoms with van der Waals surface area (Å²) in [7, 11) is -0.229. The summed E-state index contributed by atoms with van der Waals surface area (Å²) in [5, 5.41) is 0.761. The first-order valence-electron chi connectivity index (χ1n) is 16.0. The van der Waals surface area contributed by atoms with Crippen molar-refractivity contribution < 1.29 is 31.6 Å². The average Bonchev–Trinajstić information content (AvgIpc) is 3.17. The maximum Gasteiger partial charge on any atom is 0.337 e. The van der Waals surface area contributed by atoms with Crippen LogP contribution in [0.4, 0.5) is 5.69 Å². The zero-order valence-corrected chi connectivity index (χ0v) is 28.0. The Bertz CT molecular complexity index is 1560. The first-order valence-corrected chi connectivity index (χ1v) is 18.2. The first kappa shape index (κ1) is 32.4. The number of fused-ring (bicyclic) bond motifs is 3. The number of carbonyl (C=O) groups excluding carboxylic acids is 1. The van der Waals surface area contributed by atoms with Crippen LogP contribution in [0.3, 0.4) is 0 Å². The Morgan fingerprint density at radius 1 is 1.13 bits per heavy atom. The highest BCUT2D eigenvalue weighted by molar-refractivity contribution is 7.85. The lowest BCUT2D eigenvalue weighted by atomic mass is 9.66. The van der Waals surface area contributed by atoms with Gasteiger partial charge in [-0.3, -0.25) is 4.18 Å². The molecule has 1 aliphatic heterocycles. The minimum atomic E-state index is -3.44. The Labute approximate surface area is 272 Å². The molecule has 1 saturated carbocycles. The maximum atomic E-state index is 12.6. The second-order valence-corrected chi connectivity index (χ2v) is 15.4. The van der Waals surface area contributed by atoms with Gasteiger partial charge >= 0.3 is 5.97 Å². The molecule has 1 unspecified atom stereocenters. The number of ether oxygens (including phenoxy) is 3. The average molecular weight is 658 g/mol. The zero-order valence-electron chi connectivity index (χ0n) is 26.4.